The molecule has 1 aromatic carbocycles. The minimum Gasteiger partial charge on any atom is -0.493 e. The monoisotopic (exact) mass is 347 g/mol. The third-order valence-electron chi connectivity index (χ3n) is 3.10. The molecule has 1 aromatic rings. The van der Waals surface area contributed by atoms with Crippen molar-refractivity contribution in [3.63, 3.8) is 0 Å². The van der Waals surface area contributed by atoms with Crippen LogP contribution in [-0.4, -0.2) is 58.3 Å². The van der Waals surface area contributed by atoms with Crippen LogP contribution in [0, 0.1) is 5.92 Å². The second-order valence-electron chi connectivity index (χ2n) is 5.02. The predicted molar refractivity (Wildman–Crippen MR) is 80.9 cm³/mol. The topological polar surface area (TPSA) is 145 Å². The Bertz CT molecular complexity index is 609. The second-order valence-corrected chi connectivity index (χ2v) is 6.75. The molecule has 0 aliphatic heterocycles. The fourth-order valence-corrected chi connectivity index (χ4v) is 2.84. The molecule has 23 heavy (non-hydrogen) atoms. The van der Waals surface area contributed by atoms with Crippen LogP contribution in [0.25, 0.3) is 0 Å². The average Bonchev–Trinajstić information content (AvgIpc) is 2.41. The van der Waals surface area contributed by atoms with E-state index >= 15 is 0 Å². The van der Waals surface area contributed by atoms with Crippen LogP contribution in [0.4, 0.5) is 5.69 Å². The van der Waals surface area contributed by atoms with Crippen LogP contribution in [-0.2, 0) is 14.2 Å². The minimum absolute atomic E-state index is 0.261. The number of benzene rings is 1. The summed E-state index contributed by atoms with van der Waals surface area (Å²) in [5, 5.41) is 18.0. The number of anilines is 1. The Morgan fingerprint density at radius 1 is 1.13 bits per heavy atom. The van der Waals surface area contributed by atoms with Gasteiger partial charge in [0, 0.05) is 19.8 Å². The van der Waals surface area contributed by atoms with Crippen molar-refractivity contribution in [1.82, 2.24) is 0 Å². The van der Waals surface area contributed by atoms with E-state index in [4.69, 9.17) is 24.7 Å². The Labute approximate surface area is 132 Å². The Morgan fingerprint density at radius 3 is 2.00 bits per heavy atom. The number of hydrogen-bond acceptors (Lipinski definition) is 5. The smallest absolute Gasteiger partial charge is 0.340 e. The molecule has 0 aliphatic rings. The maximum Gasteiger partial charge on any atom is 0.340 e. The lowest BCUT2D eigenvalue weighted by atomic mass is 10.1. The number of ether oxygens (including phenoxy) is 1. The highest BCUT2D eigenvalue weighted by Gasteiger charge is 2.46. The second kappa shape index (κ2) is 7.45. The van der Waals surface area contributed by atoms with Gasteiger partial charge < -0.3 is 29.6 Å². The summed E-state index contributed by atoms with van der Waals surface area (Å²) in [6.07, 6.45) is 0. The van der Waals surface area contributed by atoms with Crippen LogP contribution in [0.5, 0.6) is 5.75 Å². The van der Waals surface area contributed by atoms with E-state index in [0.717, 1.165) is 5.69 Å². The van der Waals surface area contributed by atoms with E-state index in [1.165, 1.54) is 0 Å². The van der Waals surface area contributed by atoms with E-state index in [2.05, 4.69) is 0 Å². The highest BCUT2D eigenvalue weighted by atomic mass is 31.2. The number of rotatable bonds is 8. The van der Waals surface area contributed by atoms with Gasteiger partial charge in [-0.1, -0.05) is 0 Å². The molecule has 0 heterocycles. The van der Waals surface area contributed by atoms with Gasteiger partial charge in [0.1, 0.15) is 18.3 Å². The SMILES string of the molecule is CN(C)c1ccc(OCC(C(=O)O)C(C(=O)O)P(=O)(O)O)cc1. The average molecular weight is 347 g/mol. The van der Waals surface area contributed by atoms with Crippen LogP contribution >= 0.6 is 7.60 Å². The fourth-order valence-electron chi connectivity index (χ4n) is 1.87. The van der Waals surface area contributed by atoms with Crippen LogP contribution in [0.1, 0.15) is 0 Å². The third kappa shape index (κ3) is 5.24. The van der Waals surface area contributed by atoms with E-state index in [1.807, 2.05) is 19.0 Å². The number of nitrogens with zero attached hydrogens (tertiary/aromatic N) is 1. The van der Waals surface area contributed by atoms with Gasteiger partial charge in [-0.15, -0.1) is 0 Å². The largest absolute Gasteiger partial charge is 0.493 e. The Kier molecular flexibility index (Phi) is 6.14. The fraction of sp³-hybridized carbons (Fsp3) is 0.385. The molecule has 1 rings (SSSR count). The predicted octanol–water partition coefficient (Wildman–Crippen LogP) is 0.463. The first-order valence-electron chi connectivity index (χ1n) is 6.45. The molecule has 0 aromatic heterocycles. The van der Waals surface area contributed by atoms with Gasteiger partial charge in [0.2, 0.25) is 0 Å². The molecule has 10 heteroatoms. The lowest BCUT2D eigenvalue weighted by Gasteiger charge is -2.21. The van der Waals surface area contributed by atoms with Gasteiger partial charge in [-0.05, 0) is 24.3 Å². The molecule has 9 nitrogen and oxygen atoms in total. The standard InChI is InChI=1S/C13H18NO8P/c1-14(2)8-3-5-9(6-4-8)22-7-10(12(15)16)11(13(17)18)23(19,20)21/h3-6,10-11H,7H2,1-2H3,(H,15,16)(H,17,18)(H2,19,20,21). The van der Waals surface area contributed by atoms with E-state index in [0.29, 0.717) is 0 Å². The van der Waals surface area contributed by atoms with Crippen molar-refractivity contribution in [2.24, 2.45) is 5.92 Å². The zero-order chi connectivity index (χ0) is 17.8. The summed E-state index contributed by atoms with van der Waals surface area (Å²) >= 11 is 0. The Hall–Kier alpha value is -2.09. The summed E-state index contributed by atoms with van der Waals surface area (Å²) in [6, 6.07) is 6.48. The van der Waals surface area contributed by atoms with Gasteiger partial charge in [-0.25, -0.2) is 0 Å². The summed E-state index contributed by atoms with van der Waals surface area (Å²) < 4.78 is 16.4. The summed E-state index contributed by atoms with van der Waals surface area (Å²) in [7, 11) is -1.50. The molecule has 0 saturated heterocycles. The van der Waals surface area contributed by atoms with Gasteiger partial charge in [-0.2, -0.15) is 0 Å². The molecular weight excluding hydrogens is 329 g/mol. The molecule has 0 saturated carbocycles. The molecular formula is C13H18NO8P. The molecule has 4 N–H and O–H groups in total. The van der Waals surface area contributed by atoms with Crippen molar-refractivity contribution in [2.45, 2.75) is 5.66 Å². The third-order valence-corrected chi connectivity index (χ3v) is 4.40. The van der Waals surface area contributed by atoms with E-state index in [-0.39, 0.29) is 5.75 Å². The van der Waals surface area contributed by atoms with E-state index in [9.17, 15) is 14.2 Å². The van der Waals surface area contributed by atoms with Crippen LogP contribution in [0.3, 0.4) is 0 Å². The van der Waals surface area contributed by atoms with Crippen molar-refractivity contribution in [2.75, 3.05) is 25.6 Å². The van der Waals surface area contributed by atoms with Gasteiger partial charge >= 0.3 is 19.5 Å². The summed E-state index contributed by atoms with van der Waals surface area (Å²) in [5.41, 5.74) is -1.51. The van der Waals surface area contributed by atoms with Crippen LogP contribution < -0.4 is 9.64 Å². The molecule has 0 aliphatic carbocycles. The molecule has 0 bridgehead atoms. The summed E-state index contributed by atoms with van der Waals surface area (Å²) in [5.74, 6) is -5.18. The van der Waals surface area contributed by atoms with Crippen molar-refractivity contribution >= 4 is 25.2 Å². The first-order valence-corrected chi connectivity index (χ1v) is 8.13. The lowest BCUT2D eigenvalue weighted by Crippen LogP contribution is -2.38. The molecule has 0 radical (unpaired) electrons. The number of carbonyl (C=O) groups is 2. The van der Waals surface area contributed by atoms with Gasteiger partial charge in [-0.3, -0.25) is 14.2 Å². The number of carboxylic acids is 2. The molecule has 0 amide bonds. The van der Waals surface area contributed by atoms with Gasteiger partial charge in [0.05, 0.1) is 0 Å². The lowest BCUT2D eigenvalue weighted by molar-refractivity contribution is -0.149. The van der Waals surface area contributed by atoms with E-state index in [1.54, 1.807) is 24.3 Å². The van der Waals surface area contributed by atoms with Crippen LogP contribution in [0.2, 0.25) is 0 Å². The number of aliphatic carboxylic acids is 2. The highest BCUT2D eigenvalue weighted by molar-refractivity contribution is 7.53. The maximum atomic E-state index is 11.2. The zero-order valence-corrected chi connectivity index (χ0v) is 13.4. The molecule has 0 spiro atoms. The molecule has 0 fully saturated rings. The Balaban J connectivity index is 2.90. The molecule has 128 valence electrons. The summed E-state index contributed by atoms with van der Waals surface area (Å²) in [4.78, 5) is 42.1. The normalized spacial score (nSPS) is 13.9. The van der Waals surface area contributed by atoms with Crippen molar-refractivity contribution in [3.8, 4) is 5.75 Å². The quantitative estimate of drug-likeness (QED) is 0.493. The summed E-state index contributed by atoms with van der Waals surface area (Å²) in [6.45, 7) is -0.682. The van der Waals surface area contributed by atoms with Crippen molar-refractivity contribution in [1.29, 1.82) is 0 Å². The number of carboxylic acid groups (broad SMARTS) is 2. The van der Waals surface area contributed by atoms with Crippen molar-refractivity contribution < 1.29 is 38.9 Å². The zero-order valence-electron chi connectivity index (χ0n) is 12.5. The Morgan fingerprint density at radius 2 is 1.65 bits per heavy atom. The molecule has 2 atom stereocenters. The van der Waals surface area contributed by atoms with Crippen LogP contribution in [0.15, 0.2) is 24.3 Å². The van der Waals surface area contributed by atoms with Gasteiger partial charge in [0.15, 0.2) is 5.66 Å². The van der Waals surface area contributed by atoms with E-state index < -0.39 is 37.7 Å². The van der Waals surface area contributed by atoms with Gasteiger partial charge in [0.25, 0.3) is 0 Å². The van der Waals surface area contributed by atoms with Crippen molar-refractivity contribution in [3.05, 3.63) is 24.3 Å². The minimum atomic E-state index is -5.15. The maximum absolute atomic E-state index is 11.2. The first-order chi connectivity index (χ1) is 10.5. The number of hydrogen-bond donors (Lipinski definition) is 4. The first kappa shape index (κ1) is 19.0. The highest BCUT2D eigenvalue weighted by Crippen LogP contribution is 2.45. The molecule has 2 unspecified atom stereocenters.